The molecule has 1 aromatic carbocycles. The van der Waals surface area contributed by atoms with Crippen molar-refractivity contribution in [3.05, 3.63) is 29.8 Å². The Labute approximate surface area is 87.7 Å². The summed E-state index contributed by atoms with van der Waals surface area (Å²) < 4.78 is 0. The van der Waals surface area contributed by atoms with Crippen LogP contribution in [0.4, 0.5) is 5.69 Å². The Morgan fingerprint density at radius 1 is 1.47 bits per heavy atom. The van der Waals surface area contributed by atoms with Gasteiger partial charge in [-0.1, -0.05) is 18.2 Å². The van der Waals surface area contributed by atoms with Gasteiger partial charge in [-0.2, -0.15) is 0 Å². The van der Waals surface area contributed by atoms with Gasteiger partial charge in [0.25, 0.3) is 0 Å². The van der Waals surface area contributed by atoms with Gasteiger partial charge in [-0.15, -0.1) is 0 Å². The lowest BCUT2D eigenvalue weighted by Crippen LogP contribution is -2.44. The molecule has 15 heavy (non-hydrogen) atoms. The van der Waals surface area contributed by atoms with E-state index in [2.05, 4.69) is 0 Å². The third-order valence-electron chi connectivity index (χ3n) is 2.96. The minimum absolute atomic E-state index is 0.391. The van der Waals surface area contributed by atoms with Gasteiger partial charge in [-0.3, -0.25) is 15.1 Å². The molecule has 1 aliphatic rings. The van der Waals surface area contributed by atoms with Crippen molar-refractivity contribution >= 4 is 11.7 Å². The van der Waals surface area contributed by atoms with E-state index in [0.29, 0.717) is 12.1 Å². The summed E-state index contributed by atoms with van der Waals surface area (Å²) in [5.74, 6) is -1.42. The molecule has 2 rings (SSSR count). The van der Waals surface area contributed by atoms with Gasteiger partial charge in [0.1, 0.15) is 0 Å². The van der Waals surface area contributed by atoms with Crippen LogP contribution >= 0.6 is 0 Å². The second-order valence-electron chi connectivity index (χ2n) is 3.86. The summed E-state index contributed by atoms with van der Waals surface area (Å²) in [7, 11) is 0. The lowest BCUT2D eigenvalue weighted by Gasteiger charge is -2.35. The molecule has 2 atom stereocenters. The molecule has 0 aromatic heterocycles. The van der Waals surface area contributed by atoms with Crippen molar-refractivity contribution in [2.75, 3.05) is 5.06 Å². The number of carboxylic acids is 1. The average molecular weight is 207 g/mol. The fourth-order valence-electron chi connectivity index (χ4n) is 2.00. The zero-order valence-corrected chi connectivity index (χ0v) is 8.42. The van der Waals surface area contributed by atoms with Crippen molar-refractivity contribution in [1.82, 2.24) is 0 Å². The molecule has 0 fully saturated rings. The quantitative estimate of drug-likeness (QED) is 0.733. The van der Waals surface area contributed by atoms with Gasteiger partial charge in [0.2, 0.25) is 0 Å². The van der Waals surface area contributed by atoms with Crippen LogP contribution in [0.15, 0.2) is 24.3 Å². The molecule has 0 radical (unpaired) electrons. The molecule has 0 saturated carbocycles. The summed E-state index contributed by atoms with van der Waals surface area (Å²) in [5.41, 5.74) is 1.59. The maximum Gasteiger partial charge on any atom is 0.309 e. The Morgan fingerprint density at radius 2 is 2.13 bits per heavy atom. The summed E-state index contributed by atoms with van der Waals surface area (Å²) in [6.45, 7) is 1.72. The summed E-state index contributed by atoms with van der Waals surface area (Å²) in [6, 6.07) is 6.93. The Kier molecular flexibility index (Phi) is 2.36. The number of aliphatic carboxylic acids is 1. The number of nitrogens with zero attached hydrogens (tertiary/aromatic N) is 1. The summed E-state index contributed by atoms with van der Waals surface area (Å²) in [6.07, 6.45) is 0.476. The first-order chi connectivity index (χ1) is 7.11. The number of para-hydroxylation sites is 1. The standard InChI is InChI=1S/C11H13NO3/c1-7-9(11(13)14)6-8-4-2-3-5-10(8)12(7)15/h2-5,7,9,15H,6H2,1H3,(H,13,14). The number of fused-ring (bicyclic) bond motifs is 1. The van der Waals surface area contributed by atoms with E-state index < -0.39 is 17.9 Å². The van der Waals surface area contributed by atoms with E-state index >= 15 is 0 Å². The van der Waals surface area contributed by atoms with Crippen LogP contribution in [0.25, 0.3) is 0 Å². The topological polar surface area (TPSA) is 60.8 Å². The average Bonchev–Trinajstić information content (AvgIpc) is 2.23. The third-order valence-corrected chi connectivity index (χ3v) is 2.96. The zero-order valence-electron chi connectivity index (χ0n) is 8.42. The highest BCUT2D eigenvalue weighted by Gasteiger charge is 2.34. The molecule has 0 aliphatic carbocycles. The highest BCUT2D eigenvalue weighted by atomic mass is 16.5. The number of hydrogen-bond acceptors (Lipinski definition) is 3. The van der Waals surface area contributed by atoms with Crippen molar-refractivity contribution in [2.45, 2.75) is 19.4 Å². The van der Waals surface area contributed by atoms with E-state index in [1.165, 1.54) is 0 Å². The van der Waals surface area contributed by atoms with Crippen LogP contribution in [0, 0.1) is 5.92 Å². The first-order valence-electron chi connectivity index (χ1n) is 4.90. The molecule has 1 aromatic rings. The Bertz CT molecular complexity index is 391. The van der Waals surface area contributed by atoms with Crippen LogP contribution in [0.1, 0.15) is 12.5 Å². The fourth-order valence-corrected chi connectivity index (χ4v) is 2.00. The van der Waals surface area contributed by atoms with E-state index in [4.69, 9.17) is 5.11 Å². The number of benzene rings is 1. The van der Waals surface area contributed by atoms with Crippen LogP contribution in [0.3, 0.4) is 0 Å². The minimum atomic E-state index is -0.865. The largest absolute Gasteiger partial charge is 0.481 e. The number of rotatable bonds is 1. The highest BCUT2D eigenvalue weighted by molar-refractivity contribution is 5.74. The monoisotopic (exact) mass is 207 g/mol. The van der Waals surface area contributed by atoms with Gasteiger partial charge in [0.05, 0.1) is 17.6 Å². The van der Waals surface area contributed by atoms with Crippen molar-refractivity contribution in [1.29, 1.82) is 0 Å². The number of hydrogen-bond donors (Lipinski definition) is 2. The molecule has 0 spiro atoms. The SMILES string of the molecule is CC1C(C(=O)O)Cc2ccccc2N1O. The van der Waals surface area contributed by atoms with E-state index in [0.717, 1.165) is 10.6 Å². The predicted molar refractivity (Wildman–Crippen MR) is 55.0 cm³/mol. The Morgan fingerprint density at radius 3 is 2.80 bits per heavy atom. The van der Waals surface area contributed by atoms with Crippen LogP contribution < -0.4 is 5.06 Å². The van der Waals surface area contributed by atoms with Gasteiger partial charge in [0, 0.05) is 0 Å². The number of carboxylic acid groups (broad SMARTS) is 1. The van der Waals surface area contributed by atoms with E-state index in [9.17, 15) is 10.0 Å². The van der Waals surface area contributed by atoms with Gasteiger partial charge in [0.15, 0.2) is 0 Å². The lowest BCUT2D eigenvalue weighted by atomic mass is 9.88. The summed E-state index contributed by atoms with van der Waals surface area (Å²) in [5, 5.41) is 19.9. The molecule has 2 N–H and O–H groups in total. The van der Waals surface area contributed by atoms with Crippen molar-refractivity contribution in [3.63, 3.8) is 0 Å². The molecule has 4 heteroatoms. The van der Waals surface area contributed by atoms with Crippen molar-refractivity contribution < 1.29 is 15.1 Å². The first-order valence-corrected chi connectivity index (χ1v) is 4.90. The van der Waals surface area contributed by atoms with Crippen LogP contribution in [-0.4, -0.2) is 22.3 Å². The number of anilines is 1. The van der Waals surface area contributed by atoms with Crippen molar-refractivity contribution in [2.24, 2.45) is 5.92 Å². The summed E-state index contributed by atoms with van der Waals surface area (Å²) >= 11 is 0. The Hall–Kier alpha value is -1.55. The molecule has 2 unspecified atom stereocenters. The minimum Gasteiger partial charge on any atom is -0.481 e. The highest BCUT2D eigenvalue weighted by Crippen LogP contribution is 2.32. The van der Waals surface area contributed by atoms with Gasteiger partial charge in [-0.05, 0) is 25.0 Å². The molecule has 1 heterocycles. The fraction of sp³-hybridized carbons (Fsp3) is 0.364. The Balaban J connectivity index is 2.41. The van der Waals surface area contributed by atoms with Gasteiger partial charge in [-0.25, -0.2) is 0 Å². The molecular formula is C11H13NO3. The second-order valence-corrected chi connectivity index (χ2v) is 3.86. The molecule has 80 valence electrons. The lowest BCUT2D eigenvalue weighted by molar-refractivity contribution is -0.143. The third kappa shape index (κ3) is 1.57. The maximum absolute atomic E-state index is 11.0. The second kappa shape index (κ2) is 3.55. The molecule has 0 saturated heterocycles. The predicted octanol–water partition coefficient (Wildman–Crippen LogP) is 1.53. The molecular weight excluding hydrogens is 194 g/mol. The zero-order chi connectivity index (χ0) is 11.0. The molecule has 0 bridgehead atoms. The van der Waals surface area contributed by atoms with Crippen LogP contribution in [-0.2, 0) is 11.2 Å². The number of hydroxylamine groups is 1. The van der Waals surface area contributed by atoms with E-state index in [-0.39, 0.29) is 0 Å². The smallest absolute Gasteiger partial charge is 0.309 e. The van der Waals surface area contributed by atoms with Gasteiger partial charge < -0.3 is 5.11 Å². The number of carbonyl (C=O) groups is 1. The van der Waals surface area contributed by atoms with Crippen LogP contribution in [0.5, 0.6) is 0 Å². The summed E-state index contributed by atoms with van der Waals surface area (Å²) in [4.78, 5) is 11.0. The van der Waals surface area contributed by atoms with Crippen LogP contribution in [0.2, 0.25) is 0 Å². The maximum atomic E-state index is 11.0. The van der Waals surface area contributed by atoms with Gasteiger partial charge >= 0.3 is 5.97 Å². The first kappa shape index (κ1) is 9.98. The molecule has 4 nitrogen and oxygen atoms in total. The van der Waals surface area contributed by atoms with Crippen molar-refractivity contribution in [3.8, 4) is 0 Å². The molecule has 1 aliphatic heterocycles. The molecule has 0 amide bonds. The van der Waals surface area contributed by atoms with E-state index in [1.54, 1.807) is 13.0 Å². The van der Waals surface area contributed by atoms with E-state index in [1.807, 2.05) is 18.2 Å². The normalized spacial score (nSPS) is 24.8.